The molecule has 5 aromatic rings. The van der Waals surface area contributed by atoms with Crippen LogP contribution in [0.25, 0.3) is 0 Å². The molecule has 0 unspecified atom stereocenters. The van der Waals surface area contributed by atoms with Gasteiger partial charge in [0.2, 0.25) is 0 Å². The monoisotopic (exact) mass is 668 g/mol. The van der Waals surface area contributed by atoms with E-state index < -0.39 is 11.6 Å². The summed E-state index contributed by atoms with van der Waals surface area (Å²) in [6.45, 7) is 8.69. The average Bonchev–Trinajstić information content (AvgIpc) is 2.98. The molecular weight excluding hydrogens is 638 g/mol. The molecule has 5 rings (SSSR count). The zero-order valence-corrected chi connectivity index (χ0v) is 27.4. The normalized spacial score (nSPS) is 9.51. The summed E-state index contributed by atoms with van der Waals surface area (Å²) in [7, 11) is 0. The Balaban J connectivity index is 0.000000269. The molecule has 0 amide bonds. The molecule has 0 fully saturated rings. The molecule has 0 aliphatic carbocycles. The van der Waals surface area contributed by atoms with Crippen LogP contribution < -0.4 is 0 Å². The van der Waals surface area contributed by atoms with Crippen molar-refractivity contribution in [1.82, 2.24) is 0 Å². The first-order valence-electron chi connectivity index (χ1n) is 12.9. The maximum Gasteiger partial charge on any atom is 0.129 e. The van der Waals surface area contributed by atoms with E-state index in [0.29, 0.717) is 16.1 Å². The van der Waals surface area contributed by atoms with Crippen LogP contribution in [-0.2, 0) is 0 Å². The van der Waals surface area contributed by atoms with E-state index >= 15 is 0 Å². The fraction of sp³-hybridized carbons (Fsp3) is 0.143. The summed E-state index contributed by atoms with van der Waals surface area (Å²) in [5.74, 6) is -1.36. The van der Waals surface area contributed by atoms with Gasteiger partial charge in [0.05, 0.1) is 0 Å². The Morgan fingerprint density at radius 2 is 0.651 bits per heavy atom. The largest absolute Gasteiger partial charge is 0.207 e. The predicted molar refractivity (Wildman–Crippen MR) is 176 cm³/mol. The topological polar surface area (TPSA) is 0 Å². The second kappa shape index (κ2) is 20.0. The highest BCUT2D eigenvalue weighted by atomic mass is 35.5. The van der Waals surface area contributed by atoms with Gasteiger partial charge in [-0.05, 0) is 99.8 Å². The second-order valence-electron chi connectivity index (χ2n) is 9.04. The Kier molecular flexibility index (Phi) is 17.7. The highest BCUT2D eigenvalue weighted by molar-refractivity contribution is 6.35. The SMILES string of the molecule is Cc1c(Cl)cccc1Cl.Cc1c(F)cccc1Cl.Cc1c(F)cccc1F.Cc1ccccc1Cl.Cc1ccccc1F. The Hall–Kier alpha value is -3.02. The zero-order chi connectivity index (χ0) is 32.5. The van der Waals surface area contributed by atoms with Crippen molar-refractivity contribution in [2.24, 2.45) is 0 Å². The molecule has 8 heteroatoms. The predicted octanol–water partition coefficient (Wildman–Crippen LogP) is 13.1. The van der Waals surface area contributed by atoms with Gasteiger partial charge in [0.1, 0.15) is 23.3 Å². The number of halogens is 8. The Labute approximate surface area is 271 Å². The van der Waals surface area contributed by atoms with Gasteiger partial charge in [-0.1, -0.05) is 101 Å². The Bertz CT molecular complexity index is 1310. The Morgan fingerprint density at radius 3 is 0.953 bits per heavy atom. The first-order valence-corrected chi connectivity index (χ1v) is 14.4. The molecule has 0 saturated carbocycles. The smallest absolute Gasteiger partial charge is 0.129 e. The third-order valence-corrected chi connectivity index (χ3v) is 7.41. The summed E-state index contributed by atoms with van der Waals surface area (Å²) in [4.78, 5) is 0. The quantitative estimate of drug-likeness (QED) is 0.144. The van der Waals surface area contributed by atoms with Crippen LogP contribution >= 0.6 is 46.4 Å². The van der Waals surface area contributed by atoms with E-state index in [1.165, 1.54) is 37.3 Å². The van der Waals surface area contributed by atoms with E-state index in [1.54, 1.807) is 38.1 Å². The highest BCUT2D eigenvalue weighted by Crippen LogP contribution is 2.22. The van der Waals surface area contributed by atoms with Crippen molar-refractivity contribution < 1.29 is 17.6 Å². The van der Waals surface area contributed by atoms with Crippen LogP contribution in [0.4, 0.5) is 17.6 Å². The summed E-state index contributed by atoms with van der Waals surface area (Å²) in [5.41, 5.74) is 3.37. The lowest BCUT2D eigenvalue weighted by molar-refractivity contribution is 0.568. The molecule has 0 aliphatic heterocycles. The van der Waals surface area contributed by atoms with Crippen LogP contribution in [0.3, 0.4) is 0 Å². The maximum absolute atomic E-state index is 12.5. The second-order valence-corrected chi connectivity index (χ2v) is 10.7. The summed E-state index contributed by atoms with van der Waals surface area (Å²) in [6.07, 6.45) is 0. The lowest BCUT2D eigenvalue weighted by atomic mass is 10.2. The van der Waals surface area contributed by atoms with Gasteiger partial charge in [-0.25, -0.2) is 17.6 Å². The van der Waals surface area contributed by atoms with E-state index in [4.69, 9.17) is 46.4 Å². The van der Waals surface area contributed by atoms with Crippen LogP contribution in [0, 0.1) is 57.9 Å². The van der Waals surface area contributed by atoms with E-state index in [-0.39, 0.29) is 17.2 Å². The molecule has 0 aromatic heterocycles. The molecule has 0 spiro atoms. The number of benzene rings is 5. The summed E-state index contributed by atoms with van der Waals surface area (Å²) in [5, 5.41) is 2.77. The van der Waals surface area contributed by atoms with Crippen molar-refractivity contribution in [3.8, 4) is 0 Å². The van der Waals surface area contributed by atoms with Crippen LogP contribution in [0.2, 0.25) is 20.1 Å². The van der Waals surface area contributed by atoms with Crippen LogP contribution in [0.15, 0.2) is 103 Å². The van der Waals surface area contributed by atoms with Crippen molar-refractivity contribution in [2.75, 3.05) is 0 Å². The standard InChI is InChI=1S/C7H6Cl2.C7H6ClF.C7H7Cl.C7H6F2.C7H7F/c2*1-5-6(8)3-2-4-7(5)9;1-6-4-2-3-5-7(6)8;1-5-6(8)3-2-4-7(5)9;1-6-4-2-3-5-7(6)8/h2*2-4H,1H3;2-5H,1H3;2-4H,1H3;2-5H,1H3. The Morgan fingerprint density at radius 1 is 0.326 bits per heavy atom. The molecule has 0 radical (unpaired) electrons. The lowest BCUT2D eigenvalue weighted by Gasteiger charge is -1.96. The summed E-state index contributed by atoms with van der Waals surface area (Å²) >= 11 is 22.7. The molecule has 0 heterocycles. The van der Waals surface area contributed by atoms with Gasteiger partial charge < -0.3 is 0 Å². The highest BCUT2D eigenvalue weighted by Gasteiger charge is 2.00. The minimum atomic E-state index is -0.491. The lowest BCUT2D eigenvalue weighted by Crippen LogP contribution is -1.85. The van der Waals surface area contributed by atoms with Gasteiger partial charge in [-0.3, -0.25) is 0 Å². The molecule has 0 bridgehead atoms. The van der Waals surface area contributed by atoms with Crippen molar-refractivity contribution in [3.63, 3.8) is 0 Å². The van der Waals surface area contributed by atoms with Gasteiger partial charge >= 0.3 is 0 Å². The maximum atomic E-state index is 12.5. The van der Waals surface area contributed by atoms with Crippen molar-refractivity contribution in [1.29, 1.82) is 0 Å². The van der Waals surface area contributed by atoms with E-state index in [0.717, 1.165) is 26.2 Å². The number of hydrogen-bond donors (Lipinski definition) is 0. The average molecular weight is 670 g/mol. The molecule has 0 saturated heterocycles. The minimum Gasteiger partial charge on any atom is -0.207 e. The molecular formula is C35H32Cl4F4. The summed E-state index contributed by atoms with van der Waals surface area (Å²) in [6, 6.07) is 28.4. The van der Waals surface area contributed by atoms with Gasteiger partial charge in [0, 0.05) is 31.2 Å². The third-order valence-electron chi connectivity index (χ3n) is 5.76. The number of rotatable bonds is 0. The van der Waals surface area contributed by atoms with Gasteiger partial charge in [0.25, 0.3) is 0 Å². The van der Waals surface area contributed by atoms with Crippen molar-refractivity contribution >= 4 is 46.4 Å². The molecule has 0 atom stereocenters. The molecule has 0 N–H and O–H groups in total. The molecule has 0 aliphatic rings. The van der Waals surface area contributed by atoms with Crippen molar-refractivity contribution in [3.05, 3.63) is 174 Å². The third kappa shape index (κ3) is 14.3. The zero-order valence-electron chi connectivity index (χ0n) is 24.3. The number of aryl methyl sites for hydroxylation is 2. The molecule has 228 valence electrons. The fourth-order valence-electron chi connectivity index (χ4n) is 2.85. The van der Waals surface area contributed by atoms with Gasteiger partial charge in [0.15, 0.2) is 0 Å². The molecule has 5 aromatic carbocycles. The first-order chi connectivity index (χ1) is 20.3. The van der Waals surface area contributed by atoms with Gasteiger partial charge in [-0.2, -0.15) is 0 Å². The van der Waals surface area contributed by atoms with E-state index in [9.17, 15) is 17.6 Å². The molecule has 43 heavy (non-hydrogen) atoms. The fourth-order valence-corrected chi connectivity index (χ4v) is 3.54. The van der Waals surface area contributed by atoms with Crippen LogP contribution in [0.5, 0.6) is 0 Å². The van der Waals surface area contributed by atoms with E-state index in [2.05, 4.69) is 0 Å². The first kappa shape index (κ1) is 38.0. The van der Waals surface area contributed by atoms with Crippen molar-refractivity contribution in [2.45, 2.75) is 34.6 Å². The molecule has 0 nitrogen and oxygen atoms in total. The van der Waals surface area contributed by atoms with Crippen LogP contribution in [0.1, 0.15) is 27.8 Å². The van der Waals surface area contributed by atoms with E-state index in [1.807, 2.05) is 62.4 Å². The van der Waals surface area contributed by atoms with Gasteiger partial charge in [-0.15, -0.1) is 0 Å². The number of hydrogen-bond acceptors (Lipinski definition) is 0. The summed E-state index contributed by atoms with van der Waals surface area (Å²) < 4.78 is 49.5. The van der Waals surface area contributed by atoms with Crippen LogP contribution in [-0.4, -0.2) is 0 Å². The minimum absolute atomic E-state index is 0.0810.